The van der Waals surface area contributed by atoms with Crippen molar-refractivity contribution >= 4 is 59.1 Å². The largest absolute Gasteiger partial charge is 0.496 e. The molecule has 1 N–H and O–H groups in total. The first-order valence-corrected chi connectivity index (χ1v) is 8.71. The Morgan fingerprint density at radius 2 is 1.95 bits per heavy atom. The molecule has 2 rings (SSSR count). The van der Waals surface area contributed by atoms with Gasteiger partial charge in [-0.25, -0.2) is 0 Å². The molecule has 0 bridgehead atoms. The molecule has 0 aliphatic rings. The van der Waals surface area contributed by atoms with Gasteiger partial charge in [0.15, 0.2) is 0 Å². The lowest BCUT2D eigenvalue weighted by Crippen LogP contribution is -2.17. The quantitative estimate of drug-likeness (QED) is 0.651. The predicted molar refractivity (Wildman–Crippen MR) is 91.3 cm³/mol. The fourth-order valence-corrected chi connectivity index (χ4v) is 5.37. The van der Waals surface area contributed by atoms with Gasteiger partial charge in [0.25, 0.3) is 0 Å². The van der Waals surface area contributed by atoms with Crippen molar-refractivity contribution in [2.24, 2.45) is 0 Å². The molecular weight excluding hydrogens is 458 g/mol. The van der Waals surface area contributed by atoms with E-state index in [-0.39, 0.29) is 6.04 Å². The minimum Gasteiger partial charge on any atom is -0.496 e. The lowest BCUT2D eigenvalue weighted by Gasteiger charge is -2.17. The molecule has 1 atom stereocenters. The molecule has 1 heterocycles. The summed E-state index contributed by atoms with van der Waals surface area (Å²) >= 11 is 12.3. The lowest BCUT2D eigenvalue weighted by molar-refractivity contribution is 0.412. The van der Waals surface area contributed by atoms with Crippen LogP contribution in [-0.2, 0) is 0 Å². The van der Waals surface area contributed by atoms with Gasteiger partial charge in [-0.3, -0.25) is 0 Å². The average Bonchev–Trinajstić information content (AvgIpc) is 2.70. The molecule has 102 valence electrons. The SMILES string of the molecule is CNC(c1ccc(OC)c(Br)c1)c1cc(Br)sc1Br. The Morgan fingerprint density at radius 3 is 2.42 bits per heavy atom. The van der Waals surface area contributed by atoms with Crippen LogP contribution in [0.15, 0.2) is 36.3 Å². The predicted octanol–water partition coefficient (Wildman–Crippen LogP) is 5.35. The topological polar surface area (TPSA) is 21.3 Å². The molecule has 0 saturated carbocycles. The first kappa shape index (κ1) is 15.5. The molecule has 0 amide bonds. The summed E-state index contributed by atoms with van der Waals surface area (Å²) in [5.74, 6) is 0.837. The van der Waals surface area contributed by atoms with Crippen molar-refractivity contribution in [2.45, 2.75) is 6.04 Å². The lowest BCUT2D eigenvalue weighted by atomic mass is 10.0. The van der Waals surface area contributed by atoms with Gasteiger partial charge in [-0.2, -0.15) is 0 Å². The number of thiophene rings is 1. The molecule has 0 spiro atoms. The number of benzene rings is 1. The zero-order chi connectivity index (χ0) is 14.0. The van der Waals surface area contributed by atoms with E-state index in [4.69, 9.17) is 4.74 Å². The highest BCUT2D eigenvalue weighted by atomic mass is 79.9. The number of ether oxygens (including phenoxy) is 1. The van der Waals surface area contributed by atoms with Crippen LogP contribution in [0.1, 0.15) is 17.2 Å². The minimum absolute atomic E-state index is 0.138. The summed E-state index contributed by atoms with van der Waals surface area (Å²) in [5.41, 5.74) is 2.40. The van der Waals surface area contributed by atoms with E-state index in [2.05, 4.69) is 71.3 Å². The zero-order valence-corrected chi connectivity index (χ0v) is 15.9. The standard InChI is InChI=1S/C13H12Br3NOS/c1-17-12(8-6-11(15)19-13(8)16)7-3-4-10(18-2)9(14)5-7/h3-6,12,17H,1-2H3. The molecule has 0 radical (unpaired) electrons. The molecule has 0 aliphatic carbocycles. The van der Waals surface area contributed by atoms with Gasteiger partial charge in [-0.05, 0) is 84.2 Å². The second-order valence-corrected chi connectivity index (χ2v) is 8.50. The van der Waals surface area contributed by atoms with Crippen molar-refractivity contribution in [2.75, 3.05) is 14.2 Å². The van der Waals surface area contributed by atoms with Gasteiger partial charge >= 0.3 is 0 Å². The maximum Gasteiger partial charge on any atom is 0.133 e. The minimum atomic E-state index is 0.138. The number of halogens is 3. The van der Waals surface area contributed by atoms with Crippen LogP contribution in [0.2, 0.25) is 0 Å². The Balaban J connectivity index is 2.42. The van der Waals surface area contributed by atoms with Crippen LogP contribution >= 0.6 is 59.1 Å². The fraction of sp³-hybridized carbons (Fsp3) is 0.231. The molecule has 19 heavy (non-hydrogen) atoms. The van der Waals surface area contributed by atoms with Gasteiger partial charge in [0, 0.05) is 0 Å². The molecule has 1 aromatic carbocycles. The molecule has 2 aromatic rings. The van der Waals surface area contributed by atoms with E-state index in [0.29, 0.717) is 0 Å². The number of methoxy groups -OCH3 is 1. The van der Waals surface area contributed by atoms with Gasteiger partial charge < -0.3 is 10.1 Å². The highest BCUT2D eigenvalue weighted by Crippen LogP contribution is 2.39. The van der Waals surface area contributed by atoms with E-state index in [0.717, 1.165) is 17.8 Å². The second kappa shape index (κ2) is 6.72. The highest BCUT2D eigenvalue weighted by molar-refractivity contribution is 9.12. The van der Waals surface area contributed by atoms with Crippen LogP contribution in [0.25, 0.3) is 0 Å². The van der Waals surface area contributed by atoms with Crippen molar-refractivity contribution < 1.29 is 4.74 Å². The summed E-state index contributed by atoms with van der Waals surface area (Å²) in [6.07, 6.45) is 0. The van der Waals surface area contributed by atoms with Crippen molar-refractivity contribution in [1.82, 2.24) is 5.32 Å². The first-order valence-electron chi connectivity index (χ1n) is 5.52. The second-order valence-electron chi connectivity index (χ2n) is 3.90. The van der Waals surface area contributed by atoms with E-state index in [1.165, 1.54) is 11.1 Å². The van der Waals surface area contributed by atoms with Gasteiger partial charge in [0.1, 0.15) is 5.75 Å². The molecule has 0 aliphatic heterocycles. The third-order valence-corrected chi connectivity index (χ3v) is 5.80. The van der Waals surface area contributed by atoms with Gasteiger partial charge in [0.2, 0.25) is 0 Å². The maximum atomic E-state index is 5.26. The first-order chi connectivity index (χ1) is 9.06. The monoisotopic (exact) mass is 467 g/mol. The summed E-state index contributed by atoms with van der Waals surface area (Å²) in [6.45, 7) is 0. The molecule has 1 aromatic heterocycles. The molecule has 1 unspecified atom stereocenters. The van der Waals surface area contributed by atoms with E-state index in [1.807, 2.05) is 13.1 Å². The average molecular weight is 470 g/mol. The van der Waals surface area contributed by atoms with E-state index in [1.54, 1.807) is 18.4 Å². The van der Waals surface area contributed by atoms with Crippen LogP contribution in [0.4, 0.5) is 0 Å². The highest BCUT2D eigenvalue weighted by Gasteiger charge is 2.18. The number of nitrogens with one attached hydrogen (secondary N) is 1. The van der Waals surface area contributed by atoms with E-state index >= 15 is 0 Å². The fourth-order valence-electron chi connectivity index (χ4n) is 1.91. The van der Waals surface area contributed by atoms with Crippen LogP contribution < -0.4 is 10.1 Å². The van der Waals surface area contributed by atoms with E-state index in [9.17, 15) is 0 Å². The van der Waals surface area contributed by atoms with Gasteiger partial charge in [-0.1, -0.05) is 6.07 Å². The third kappa shape index (κ3) is 3.42. The third-order valence-electron chi connectivity index (χ3n) is 2.79. The van der Waals surface area contributed by atoms with Crippen molar-refractivity contribution in [1.29, 1.82) is 0 Å². The maximum absolute atomic E-state index is 5.26. The summed E-state index contributed by atoms with van der Waals surface area (Å²) in [7, 11) is 3.63. The van der Waals surface area contributed by atoms with Crippen LogP contribution in [0, 0.1) is 0 Å². The Bertz CT molecular complexity index is 585. The summed E-state index contributed by atoms with van der Waals surface area (Å²) in [4.78, 5) is 0. The Hall–Kier alpha value is 0.120. The van der Waals surface area contributed by atoms with Gasteiger partial charge in [-0.15, -0.1) is 11.3 Å². The Kier molecular flexibility index (Phi) is 5.48. The summed E-state index contributed by atoms with van der Waals surface area (Å²) in [6, 6.07) is 8.40. The van der Waals surface area contributed by atoms with Crippen LogP contribution in [0.5, 0.6) is 5.75 Å². The van der Waals surface area contributed by atoms with Crippen LogP contribution in [-0.4, -0.2) is 14.2 Å². The number of hydrogen-bond acceptors (Lipinski definition) is 3. The van der Waals surface area contributed by atoms with Crippen molar-refractivity contribution in [3.05, 3.63) is 47.4 Å². The Labute approximate surface area is 141 Å². The van der Waals surface area contributed by atoms with Crippen molar-refractivity contribution in [3.63, 3.8) is 0 Å². The number of hydrogen-bond donors (Lipinski definition) is 1. The zero-order valence-electron chi connectivity index (χ0n) is 10.3. The van der Waals surface area contributed by atoms with E-state index < -0.39 is 0 Å². The summed E-state index contributed by atoms with van der Waals surface area (Å²) in [5, 5.41) is 3.35. The number of rotatable bonds is 4. The molecule has 6 heteroatoms. The van der Waals surface area contributed by atoms with Gasteiger partial charge in [0.05, 0.1) is 25.2 Å². The molecule has 2 nitrogen and oxygen atoms in total. The normalized spacial score (nSPS) is 12.5. The Morgan fingerprint density at radius 1 is 1.21 bits per heavy atom. The molecule has 0 fully saturated rings. The molecule has 0 saturated heterocycles. The summed E-state index contributed by atoms with van der Waals surface area (Å²) < 4.78 is 8.46. The smallest absolute Gasteiger partial charge is 0.133 e. The van der Waals surface area contributed by atoms with Crippen molar-refractivity contribution in [3.8, 4) is 5.75 Å². The van der Waals surface area contributed by atoms with Crippen LogP contribution in [0.3, 0.4) is 0 Å². The molecular formula is C13H12Br3NOS.